The van der Waals surface area contributed by atoms with Crippen LogP contribution in [0.1, 0.15) is 23.4 Å². The van der Waals surface area contributed by atoms with Crippen LogP contribution in [0, 0.1) is 0 Å². The number of ether oxygens (including phenoxy) is 2. The minimum atomic E-state index is 0.1000. The molecule has 35 heavy (non-hydrogen) atoms. The molecule has 1 amide bonds. The van der Waals surface area contributed by atoms with E-state index in [0.717, 1.165) is 45.9 Å². The smallest absolute Gasteiger partial charge is 0.231 e. The third kappa shape index (κ3) is 4.45. The van der Waals surface area contributed by atoms with Crippen molar-refractivity contribution in [1.82, 2.24) is 19.9 Å². The van der Waals surface area contributed by atoms with Crippen molar-refractivity contribution < 1.29 is 14.3 Å². The molecule has 6 rings (SSSR count). The van der Waals surface area contributed by atoms with E-state index in [2.05, 4.69) is 27.1 Å². The van der Waals surface area contributed by atoms with Crippen molar-refractivity contribution in [2.24, 2.45) is 0 Å². The molecule has 0 aliphatic carbocycles. The van der Waals surface area contributed by atoms with Crippen LogP contribution in [0.3, 0.4) is 0 Å². The van der Waals surface area contributed by atoms with Crippen LogP contribution < -0.4 is 9.47 Å². The van der Waals surface area contributed by atoms with Crippen molar-refractivity contribution >= 4 is 27.8 Å². The van der Waals surface area contributed by atoms with Crippen molar-refractivity contribution in [3.63, 3.8) is 0 Å². The zero-order valence-electron chi connectivity index (χ0n) is 19.3. The second-order valence-electron chi connectivity index (χ2n) is 8.81. The molecule has 0 bridgehead atoms. The number of rotatable bonds is 8. The van der Waals surface area contributed by atoms with Gasteiger partial charge in [-0.05, 0) is 47.9 Å². The summed E-state index contributed by atoms with van der Waals surface area (Å²) in [5.74, 6) is 2.41. The van der Waals surface area contributed by atoms with Crippen molar-refractivity contribution in [2.45, 2.75) is 25.8 Å². The van der Waals surface area contributed by atoms with E-state index in [1.54, 1.807) is 0 Å². The Bertz CT molecular complexity index is 1470. The average molecular weight is 467 g/mol. The highest BCUT2D eigenvalue weighted by molar-refractivity contribution is 5.83. The minimum absolute atomic E-state index is 0.1000. The number of benzene rings is 3. The number of amides is 1. The third-order valence-electron chi connectivity index (χ3n) is 6.50. The molecule has 3 heterocycles. The second kappa shape index (κ2) is 9.18. The Hall–Kier alpha value is -4.26. The molecule has 3 aromatic carbocycles. The van der Waals surface area contributed by atoms with Crippen LogP contribution >= 0.6 is 0 Å². The van der Waals surface area contributed by atoms with Gasteiger partial charge in [0.2, 0.25) is 12.7 Å². The lowest BCUT2D eigenvalue weighted by Gasteiger charge is -2.23. The molecule has 2 aromatic heterocycles. The molecule has 1 aliphatic heterocycles. The van der Waals surface area contributed by atoms with Gasteiger partial charge in [0.1, 0.15) is 5.82 Å². The number of fused-ring (bicyclic) bond motifs is 3. The molecule has 0 unspecified atom stereocenters. The van der Waals surface area contributed by atoms with Gasteiger partial charge in [0.15, 0.2) is 11.5 Å². The van der Waals surface area contributed by atoms with Gasteiger partial charge in [-0.25, -0.2) is 4.98 Å². The van der Waals surface area contributed by atoms with Gasteiger partial charge in [-0.1, -0.05) is 36.4 Å². The molecule has 0 saturated carbocycles. The number of imidazole rings is 1. The lowest BCUT2D eigenvalue weighted by Crippen LogP contribution is -2.32. The van der Waals surface area contributed by atoms with E-state index in [9.17, 15) is 4.79 Å². The van der Waals surface area contributed by atoms with Crippen LogP contribution in [0.15, 0.2) is 72.9 Å². The van der Waals surface area contributed by atoms with E-state index >= 15 is 0 Å². The molecule has 7 nitrogen and oxygen atoms in total. The summed E-state index contributed by atoms with van der Waals surface area (Å²) in [7, 11) is 0. The highest BCUT2D eigenvalue weighted by Gasteiger charge is 2.19. The molecular formula is C28H26N4O3. The van der Waals surface area contributed by atoms with E-state index in [-0.39, 0.29) is 12.7 Å². The van der Waals surface area contributed by atoms with Crippen LogP contribution in [0.4, 0.5) is 0 Å². The molecule has 2 N–H and O–H groups in total. The molecule has 0 atom stereocenters. The number of carbonyl (C=O) groups excluding carboxylic acids is 1. The molecule has 0 saturated heterocycles. The standard InChI is InChI=1S/C28H26N4O3/c33-28(12-11-27-30-23-7-3-4-8-24(23)31-27)32(17-19-9-10-25-26(15-19)35-18-34-25)14-13-20-16-29-22-6-2-1-5-21(20)22/h1-10,15-16,29H,11-14,17-18H2,(H,30,31). The van der Waals surface area contributed by atoms with Gasteiger partial charge in [-0.3, -0.25) is 4.79 Å². The summed E-state index contributed by atoms with van der Waals surface area (Å²) in [6.45, 7) is 1.37. The third-order valence-corrected chi connectivity index (χ3v) is 6.50. The van der Waals surface area contributed by atoms with Gasteiger partial charge in [0.25, 0.3) is 0 Å². The molecule has 0 spiro atoms. The number of para-hydroxylation sites is 3. The zero-order chi connectivity index (χ0) is 23.6. The van der Waals surface area contributed by atoms with Crippen LogP contribution in [-0.4, -0.2) is 39.1 Å². The highest BCUT2D eigenvalue weighted by Crippen LogP contribution is 2.33. The van der Waals surface area contributed by atoms with E-state index in [0.29, 0.717) is 25.9 Å². The van der Waals surface area contributed by atoms with Gasteiger partial charge in [-0.2, -0.15) is 0 Å². The highest BCUT2D eigenvalue weighted by atomic mass is 16.7. The first-order valence-electron chi connectivity index (χ1n) is 11.9. The van der Waals surface area contributed by atoms with E-state index < -0.39 is 0 Å². The lowest BCUT2D eigenvalue weighted by atomic mass is 10.1. The first-order chi connectivity index (χ1) is 17.2. The maximum Gasteiger partial charge on any atom is 0.231 e. The Morgan fingerprint density at radius 2 is 1.77 bits per heavy atom. The van der Waals surface area contributed by atoms with Gasteiger partial charge in [-0.15, -0.1) is 0 Å². The monoisotopic (exact) mass is 466 g/mol. The molecule has 0 fully saturated rings. The van der Waals surface area contributed by atoms with Gasteiger partial charge in [0.05, 0.1) is 11.0 Å². The molecule has 176 valence electrons. The molecular weight excluding hydrogens is 440 g/mol. The number of aromatic amines is 2. The quantitative estimate of drug-likeness (QED) is 0.338. The van der Waals surface area contributed by atoms with Crippen molar-refractivity contribution in [1.29, 1.82) is 0 Å². The Balaban J connectivity index is 1.19. The Morgan fingerprint density at radius 3 is 2.69 bits per heavy atom. The van der Waals surface area contributed by atoms with Crippen LogP contribution in [0.5, 0.6) is 11.5 Å². The largest absolute Gasteiger partial charge is 0.454 e. The van der Waals surface area contributed by atoms with Crippen LogP contribution in [0.25, 0.3) is 21.9 Å². The number of hydrogen-bond donors (Lipinski definition) is 2. The predicted octanol–water partition coefficient (Wildman–Crippen LogP) is 4.98. The van der Waals surface area contributed by atoms with Gasteiger partial charge in [0, 0.05) is 43.0 Å². The lowest BCUT2D eigenvalue weighted by molar-refractivity contribution is -0.131. The first kappa shape index (κ1) is 21.3. The first-order valence-corrected chi connectivity index (χ1v) is 11.9. The Kier molecular flexibility index (Phi) is 5.58. The number of aromatic nitrogens is 3. The fourth-order valence-corrected chi connectivity index (χ4v) is 4.65. The molecule has 1 aliphatic rings. The van der Waals surface area contributed by atoms with E-state index in [4.69, 9.17) is 9.47 Å². The van der Waals surface area contributed by atoms with E-state index in [1.807, 2.05) is 65.7 Å². The van der Waals surface area contributed by atoms with Crippen molar-refractivity contribution in [3.8, 4) is 11.5 Å². The topological polar surface area (TPSA) is 83.2 Å². The number of nitrogens with zero attached hydrogens (tertiary/aromatic N) is 2. The summed E-state index contributed by atoms with van der Waals surface area (Å²) in [6.07, 6.45) is 3.77. The maximum atomic E-state index is 13.4. The second-order valence-corrected chi connectivity index (χ2v) is 8.81. The summed E-state index contributed by atoms with van der Waals surface area (Å²) >= 11 is 0. The summed E-state index contributed by atoms with van der Waals surface area (Å²) in [5, 5.41) is 1.20. The summed E-state index contributed by atoms with van der Waals surface area (Å²) in [5.41, 5.74) is 5.26. The number of hydrogen-bond acceptors (Lipinski definition) is 4. The number of nitrogens with one attached hydrogen (secondary N) is 2. The van der Waals surface area contributed by atoms with Gasteiger partial charge >= 0.3 is 0 Å². The minimum Gasteiger partial charge on any atom is -0.454 e. The zero-order valence-corrected chi connectivity index (χ0v) is 19.3. The van der Waals surface area contributed by atoms with Crippen LogP contribution in [0.2, 0.25) is 0 Å². The SMILES string of the molecule is O=C(CCc1nc2ccccc2[nH]1)N(CCc1c[nH]c2ccccc12)Cc1ccc2c(c1)OCO2. The Morgan fingerprint density at radius 1 is 0.943 bits per heavy atom. The van der Waals surface area contributed by atoms with Crippen molar-refractivity contribution in [3.05, 3.63) is 89.9 Å². The van der Waals surface area contributed by atoms with E-state index in [1.165, 1.54) is 10.9 Å². The fraction of sp³-hybridized carbons (Fsp3) is 0.214. The maximum absolute atomic E-state index is 13.4. The average Bonchev–Trinajstić information content (AvgIpc) is 3.62. The summed E-state index contributed by atoms with van der Waals surface area (Å²) in [4.78, 5) is 26.6. The van der Waals surface area contributed by atoms with Crippen molar-refractivity contribution in [2.75, 3.05) is 13.3 Å². The Labute approximate surface area is 202 Å². The number of aryl methyl sites for hydroxylation is 1. The molecule has 7 heteroatoms. The number of carbonyl (C=O) groups is 1. The summed E-state index contributed by atoms with van der Waals surface area (Å²) < 4.78 is 11.0. The van der Waals surface area contributed by atoms with Crippen LogP contribution in [-0.2, 0) is 24.2 Å². The fourth-order valence-electron chi connectivity index (χ4n) is 4.65. The normalized spacial score (nSPS) is 12.5. The summed E-state index contributed by atoms with van der Waals surface area (Å²) in [6, 6.07) is 22.1. The van der Waals surface area contributed by atoms with Gasteiger partial charge < -0.3 is 24.3 Å². The molecule has 0 radical (unpaired) electrons. The predicted molar refractivity (Wildman–Crippen MR) is 134 cm³/mol. The molecule has 5 aromatic rings. The number of H-pyrrole nitrogens is 2.